The van der Waals surface area contributed by atoms with Gasteiger partial charge in [-0.05, 0) is 42.0 Å². The number of fused-ring (bicyclic) bond motifs is 1. The number of anilines is 3. The molecule has 0 saturated carbocycles. The lowest BCUT2D eigenvalue weighted by Crippen LogP contribution is -2.14. The molecule has 194 valence electrons. The number of hydrogen-bond acceptors (Lipinski definition) is 8. The molecule has 0 spiro atoms. The van der Waals surface area contributed by atoms with Crippen LogP contribution in [0.1, 0.15) is 10.4 Å². The van der Waals surface area contributed by atoms with Gasteiger partial charge < -0.3 is 21.1 Å². The van der Waals surface area contributed by atoms with E-state index in [2.05, 4.69) is 37.4 Å². The number of carbonyl (C=O) groups excluding carboxylic acids is 2. The van der Waals surface area contributed by atoms with E-state index in [4.69, 9.17) is 10.5 Å². The molecule has 0 aliphatic rings. The van der Waals surface area contributed by atoms with E-state index in [0.29, 0.717) is 50.7 Å². The van der Waals surface area contributed by atoms with Crippen LogP contribution in [0.15, 0.2) is 85.6 Å². The van der Waals surface area contributed by atoms with E-state index in [1.165, 1.54) is 18.1 Å². The largest absolute Gasteiger partial charge is 0.496 e. The summed E-state index contributed by atoms with van der Waals surface area (Å²) in [6.07, 6.45) is 2.87. The second kappa shape index (κ2) is 10.4. The lowest BCUT2D eigenvalue weighted by atomic mass is 9.98. The Morgan fingerprint density at radius 2 is 1.79 bits per heavy atom. The van der Waals surface area contributed by atoms with Crippen molar-refractivity contribution in [2.24, 2.45) is 0 Å². The van der Waals surface area contributed by atoms with Crippen LogP contribution < -0.4 is 21.1 Å². The number of nitrogens with two attached hydrogens (primary N) is 1. The molecule has 0 fully saturated rings. The molecule has 39 heavy (non-hydrogen) atoms. The van der Waals surface area contributed by atoms with Crippen LogP contribution in [-0.2, 0) is 4.79 Å². The molecule has 2 amide bonds. The summed E-state index contributed by atoms with van der Waals surface area (Å²) < 4.78 is 20.0. The average Bonchev–Trinajstić information content (AvgIpc) is 3.34. The van der Waals surface area contributed by atoms with Crippen LogP contribution in [-0.4, -0.2) is 43.7 Å². The van der Waals surface area contributed by atoms with Crippen molar-refractivity contribution in [1.82, 2.24) is 24.8 Å². The third-order valence-corrected chi connectivity index (χ3v) is 5.77. The Balaban J connectivity index is 1.58. The predicted octanol–water partition coefficient (Wildman–Crippen LogP) is 4.12. The third kappa shape index (κ3) is 4.98. The Hall–Kier alpha value is -5.65. The smallest absolute Gasteiger partial charge is 0.283 e. The summed E-state index contributed by atoms with van der Waals surface area (Å²) in [6, 6.07) is 16.9. The van der Waals surface area contributed by atoms with Crippen LogP contribution in [0.3, 0.4) is 0 Å². The first-order valence-electron chi connectivity index (χ1n) is 11.5. The minimum absolute atomic E-state index is 0.194. The average molecular weight is 525 g/mol. The fourth-order valence-corrected chi connectivity index (χ4v) is 3.96. The molecular formula is C27H21FN8O3. The lowest BCUT2D eigenvalue weighted by molar-refractivity contribution is -0.114. The number of nitrogens with zero attached hydrogens (tertiary/aromatic N) is 5. The molecule has 0 unspecified atom stereocenters. The van der Waals surface area contributed by atoms with Crippen molar-refractivity contribution in [2.45, 2.75) is 0 Å². The van der Waals surface area contributed by atoms with Gasteiger partial charge in [0.25, 0.3) is 11.8 Å². The number of amides is 2. The monoisotopic (exact) mass is 524 g/mol. The van der Waals surface area contributed by atoms with Crippen molar-refractivity contribution in [2.75, 3.05) is 23.5 Å². The highest BCUT2D eigenvalue weighted by Gasteiger charge is 2.22. The van der Waals surface area contributed by atoms with Crippen LogP contribution in [0, 0.1) is 0 Å². The fraction of sp³-hybridized carbons (Fsp3) is 0.0370. The highest BCUT2D eigenvalue weighted by atomic mass is 19.1. The zero-order valence-electron chi connectivity index (χ0n) is 20.6. The van der Waals surface area contributed by atoms with Crippen LogP contribution in [0.5, 0.6) is 5.75 Å². The van der Waals surface area contributed by atoms with Gasteiger partial charge in [0.1, 0.15) is 29.1 Å². The van der Waals surface area contributed by atoms with E-state index in [0.717, 1.165) is 0 Å². The van der Waals surface area contributed by atoms with Crippen molar-refractivity contribution in [3.63, 3.8) is 0 Å². The molecule has 2 aromatic carbocycles. The molecule has 4 N–H and O–H groups in total. The van der Waals surface area contributed by atoms with Gasteiger partial charge in [-0.3, -0.25) is 9.59 Å². The van der Waals surface area contributed by atoms with E-state index < -0.39 is 17.6 Å². The topological polar surface area (TPSA) is 149 Å². The first-order valence-corrected chi connectivity index (χ1v) is 11.5. The molecule has 3 heterocycles. The summed E-state index contributed by atoms with van der Waals surface area (Å²) in [5.41, 5.74) is 9.73. The Bertz CT molecular complexity index is 1720. The van der Waals surface area contributed by atoms with Gasteiger partial charge in [-0.25, -0.2) is 14.4 Å². The summed E-state index contributed by atoms with van der Waals surface area (Å²) in [7, 11) is 1.46. The summed E-state index contributed by atoms with van der Waals surface area (Å²) in [5.74, 6) is -1.51. The lowest BCUT2D eigenvalue weighted by Gasteiger charge is -2.12. The first kappa shape index (κ1) is 25.0. The molecular weight excluding hydrogens is 503 g/mol. The molecule has 0 aliphatic heterocycles. The summed E-state index contributed by atoms with van der Waals surface area (Å²) >= 11 is 0. The van der Waals surface area contributed by atoms with E-state index in [-0.39, 0.29) is 5.82 Å². The number of hydrogen-bond donors (Lipinski definition) is 3. The third-order valence-electron chi connectivity index (χ3n) is 5.77. The zero-order chi connectivity index (χ0) is 27.5. The minimum atomic E-state index is -1.10. The van der Waals surface area contributed by atoms with E-state index in [1.807, 2.05) is 0 Å². The maximum atomic E-state index is 13.1. The molecule has 0 atom stereocenters. The van der Waals surface area contributed by atoms with Crippen molar-refractivity contribution >= 4 is 34.7 Å². The van der Waals surface area contributed by atoms with Crippen molar-refractivity contribution in [1.29, 1.82) is 0 Å². The summed E-state index contributed by atoms with van der Waals surface area (Å²) in [5, 5.41) is 13.9. The maximum Gasteiger partial charge on any atom is 0.283 e. The zero-order valence-corrected chi connectivity index (χ0v) is 20.6. The van der Waals surface area contributed by atoms with Gasteiger partial charge in [-0.1, -0.05) is 30.8 Å². The molecule has 0 bridgehead atoms. The van der Waals surface area contributed by atoms with E-state index >= 15 is 0 Å². The maximum absolute atomic E-state index is 13.1. The number of aromatic nitrogens is 5. The number of benzene rings is 2. The number of nitrogens with one attached hydrogen (secondary N) is 2. The number of carbonyl (C=O) groups is 2. The normalized spacial score (nSPS) is 10.7. The fourth-order valence-electron chi connectivity index (χ4n) is 3.96. The Morgan fingerprint density at radius 3 is 2.49 bits per heavy atom. The second-order valence-electron chi connectivity index (χ2n) is 8.23. The Morgan fingerprint density at radius 1 is 1.03 bits per heavy atom. The molecule has 11 nitrogen and oxygen atoms in total. The Labute approximate surface area is 221 Å². The van der Waals surface area contributed by atoms with Crippen molar-refractivity contribution < 1.29 is 18.7 Å². The van der Waals surface area contributed by atoms with E-state index in [9.17, 15) is 14.0 Å². The quantitative estimate of drug-likeness (QED) is 0.269. The highest BCUT2D eigenvalue weighted by molar-refractivity contribution is 6.07. The highest BCUT2D eigenvalue weighted by Crippen LogP contribution is 2.39. The van der Waals surface area contributed by atoms with Crippen LogP contribution in [0.2, 0.25) is 0 Å². The van der Waals surface area contributed by atoms with Gasteiger partial charge in [0.05, 0.1) is 12.7 Å². The van der Waals surface area contributed by atoms with Crippen LogP contribution >= 0.6 is 0 Å². The number of pyridine rings is 1. The SMILES string of the molecule is C=C(F)C(=O)Nc1ccc(-c2nn3ncnc(N)c3c2-c2ccc(C(=O)Nc3ccccn3)c(OC)c2)cc1. The molecule has 5 rings (SSSR count). The van der Waals surface area contributed by atoms with Crippen molar-refractivity contribution in [3.8, 4) is 28.1 Å². The molecule has 12 heteroatoms. The van der Waals surface area contributed by atoms with Gasteiger partial charge in [0.15, 0.2) is 11.6 Å². The van der Waals surface area contributed by atoms with Gasteiger partial charge in [0.2, 0.25) is 0 Å². The Kier molecular flexibility index (Phi) is 6.66. The number of methoxy groups -OCH3 is 1. The molecule has 3 aromatic heterocycles. The number of nitrogen functional groups attached to an aromatic ring is 1. The second-order valence-corrected chi connectivity index (χ2v) is 8.23. The minimum Gasteiger partial charge on any atom is -0.496 e. The van der Waals surface area contributed by atoms with Crippen LogP contribution in [0.4, 0.5) is 21.7 Å². The molecule has 5 aromatic rings. The summed E-state index contributed by atoms with van der Waals surface area (Å²) in [4.78, 5) is 32.8. The van der Waals surface area contributed by atoms with Gasteiger partial charge in [-0.2, -0.15) is 0 Å². The standard InChI is InChI=1S/C27H21FN8O3/c1-15(28)26(37)33-18-9-6-16(7-10-18)23-22(24-25(29)31-14-32-36(24)35-23)17-8-11-19(20(13-17)39-2)27(38)34-21-5-3-4-12-30-21/h3-14H,1H2,2H3,(H,33,37)(H2,29,31,32)(H,30,34,38). The van der Waals surface area contributed by atoms with Crippen LogP contribution in [0.25, 0.3) is 27.9 Å². The molecule has 0 radical (unpaired) electrons. The van der Waals surface area contributed by atoms with E-state index in [1.54, 1.807) is 66.9 Å². The number of ether oxygens (including phenoxy) is 1. The predicted molar refractivity (Wildman–Crippen MR) is 144 cm³/mol. The first-order chi connectivity index (χ1) is 18.9. The van der Waals surface area contributed by atoms with Gasteiger partial charge in [-0.15, -0.1) is 14.8 Å². The van der Waals surface area contributed by atoms with Gasteiger partial charge in [0, 0.05) is 23.0 Å². The number of rotatable bonds is 7. The van der Waals surface area contributed by atoms with Gasteiger partial charge >= 0.3 is 0 Å². The number of halogens is 1. The molecule has 0 saturated heterocycles. The summed E-state index contributed by atoms with van der Waals surface area (Å²) in [6.45, 7) is 2.99. The van der Waals surface area contributed by atoms with Crippen molar-refractivity contribution in [3.05, 3.63) is 91.2 Å². The molecule has 0 aliphatic carbocycles.